The van der Waals surface area contributed by atoms with E-state index in [0.29, 0.717) is 13.1 Å². The lowest BCUT2D eigenvalue weighted by atomic mass is 10.1. The summed E-state index contributed by atoms with van der Waals surface area (Å²) >= 11 is 0. The molecule has 2 aliphatic rings. The Kier molecular flexibility index (Phi) is 2.63. The van der Waals surface area contributed by atoms with Gasteiger partial charge in [-0.15, -0.1) is 0 Å². The lowest BCUT2D eigenvalue weighted by molar-refractivity contribution is -0.134. The Morgan fingerprint density at radius 2 is 1.88 bits per heavy atom. The number of β-amino-alcohol motifs (C(OH)–C–C–N with tert-alkyl or cyclic N) is 1. The summed E-state index contributed by atoms with van der Waals surface area (Å²) in [5.74, 6) is 0.315. The van der Waals surface area contributed by atoms with Gasteiger partial charge in [0.2, 0.25) is 5.91 Å². The van der Waals surface area contributed by atoms with Crippen LogP contribution in [0.15, 0.2) is 24.3 Å². The van der Waals surface area contributed by atoms with Crippen molar-refractivity contribution in [2.24, 2.45) is 5.92 Å². The van der Waals surface area contributed by atoms with Gasteiger partial charge < -0.3 is 10.0 Å². The van der Waals surface area contributed by atoms with Gasteiger partial charge in [0.1, 0.15) is 0 Å². The second kappa shape index (κ2) is 4.15. The first-order valence-corrected chi connectivity index (χ1v) is 6.27. The third-order valence-corrected chi connectivity index (χ3v) is 3.88. The van der Waals surface area contributed by atoms with Crippen LogP contribution >= 0.6 is 0 Å². The van der Waals surface area contributed by atoms with Crippen molar-refractivity contribution in [1.29, 1.82) is 0 Å². The monoisotopic (exact) mass is 231 g/mol. The van der Waals surface area contributed by atoms with Gasteiger partial charge in [-0.2, -0.15) is 0 Å². The number of nitrogens with zero attached hydrogens (tertiary/aromatic N) is 1. The molecule has 3 heteroatoms. The van der Waals surface area contributed by atoms with Gasteiger partial charge in [-0.25, -0.2) is 0 Å². The third-order valence-electron chi connectivity index (χ3n) is 3.88. The predicted molar refractivity (Wildman–Crippen MR) is 64.5 cm³/mol. The maximum Gasteiger partial charge on any atom is 0.226 e. The number of aliphatic hydroxyl groups is 1. The van der Waals surface area contributed by atoms with Crippen molar-refractivity contribution in [3.05, 3.63) is 35.4 Å². The van der Waals surface area contributed by atoms with Crippen LogP contribution in [0.4, 0.5) is 0 Å². The van der Waals surface area contributed by atoms with E-state index >= 15 is 0 Å². The van der Waals surface area contributed by atoms with Crippen LogP contribution in [0.25, 0.3) is 0 Å². The lowest BCUT2D eigenvalue weighted by Gasteiger charge is -2.19. The van der Waals surface area contributed by atoms with Crippen molar-refractivity contribution >= 4 is 5.91 Å². The van der Waals surface area contributed by atoms with Crippen molar-refractivity contribution in [3.63, 3.8) is 0 Å². The second-order valence-electron chi connectivity index (χ2n) is 5.10. The van der Waals surface area contributed by atoms with E-state index < -0.39 is 0 Å². The van der Waals surface area contributed by atoms with Gasteiger partial charge in [0.25, 0.3) is 0 Å². The molecule has 1 amide bonds. The number of aliphatic hydroxyl groups excluding tert-OH is 1. The van der Waals surface area contributed by atoms with Gasteiger partial charge in [-0.1, -0.05) is 24.3 Å². The van der Waals surface area contributed by atoms with Crippen molar-refractivity contribution in [1.82, 2.24) is 4.90 Å². The van der Waals surface area contributed by atoms with Gasteiger partial charge in [-0.3, -0.25) is 4.79 Å². The van der Waals surface area contributed by atoms with Crippen LogP contribution in [-0.4, -0.2) is 35.1 Å². The molecule has 1 N–H and O–H groups in total. The molecule has 0 radical (unpaired) electrons. The Morgan fingerprint density at radius 1 is 1.24 bits per heavy atom. The van der Waals surface area contributed by atoms with E-state index in [4.69, 9.17) is 0 Å². The molecule has 1 aliphatic heterocycles. The van der Waals surface area contributed by atoms with Gasteiger partial charge in [0.15, 0.2) is 0 Å². The maximum absolute atomic E-state index is 12.3. The molecule has 1 aromatic carbocycles. The number of rotatable bonds is 1. The molecule has 90 valence electrons. The number of carbonyl (C=O) groups excluding carboxylic acids is 1. The largest absolute Gasteiger partial charge is 0.391 e. The highest BCUT2D eigenvalue weighted by molar-refractivity contribution is 5.80. The molecule has 0 spiro atoms. The van der Waals surface area contributed by atoms with Crippen molar-refractivity contribution < 1.29 is 9.90 Å². The fourth-order valence-corrected chi connectivity index (χ4v) is 2.93. The number of likely N-dealkylation sites (tertiary alicyclic amines) is 1. The molecule has 3 nitrogen and oxygen atoms in total. The Bertz CT molecular complexity index is 419. The molecule has 1 heterocycles. The molecule has 1 aromatic rings. The fraction of sp³-hybridized carbons (Fsp3) is 0.500. The summed E-state index contributed by atoms with van der Waals surface area (Å²) in [7, 11) is 0. The quantitative estimate of drug-likeness (QED) is 0.783. The zero-order valence-electron chi connectivity index (χ0n) is 9.80. The molecular formula is C14H17NO2. The van der Waals surface area contributed by atoms with Crippen LogP contribution in [0.1, 0.15) is 17.5 Å². The number of fused-ring (bicyclic) bond motifs is 1. The fourth-order valence-electron chi connectivity index (χ4n) is 2.93. The molecule has 3 rings (SSSR count). The highest BCUT2D eigenvalue weighted by Gasteiger charge is 2.33. The Morgan fingerprint density at radius 3 is 2.41 bits per heavy atom. The average molecular weight is 231 g/mol. The van der Waals surface area contributed by atoms with E-state index in [1.165, 1.54) is 11.1 Å². The van der Waals surface area contributed by atoms with E-state index in [-0.39, 0.29) is 17.9 Å². The van der Waals surface area contributed by atoms with Crippen LogP contribution < -0.4 is 0 Å². The second-order valence-corrected chi connectivity index (χ2v) is 5.10. The molecule has 0 bridgehead atoms. The summed E-state index contributed by atoms with van der Waals surface area (Å²) in [5.41, 5.74) is 2.62. The molecule has 0 aromatic heterocycles. The minimum Gasteiger partial charge on any atom is -0.391 e. The minimum atomic E-state index is -0.317. The Hall–Kier alpha value is -1.35. The SMILES string of the molecule is O=C(C1Cc2ccccc2C1)N1CC[C@H](O)C1. The topological polar surface area (TPSA) is 40.5 Å². The highest BCUT2D eigenvalue weighted by Crippen LogP contribution is 2.28. The number of benzene rings is 1. The summed E-state index contributed by atoms with van der Waals surface area (Å²) in [4.78, 5) is 14.1. The number of amides is 1. The van der Waals surface area contributed by atoms with Gasteiger partial charge in [0.05, 0.1) is 6.10 Å². The molecule has 1 atom stereocenters. The third kappa shape index (κ3) is 1.95. The molecule has 1 fully saturated rings. The number of hydrogen-bond acceptors (Lipinski definition) is 2. The summed E-state index contributed by atoms with van der Waals surface area (Å²) in [6, 6.07) is 8.29. The summed E-state index contributed by atoms with van der Waals surface area (Å²) in [5, 5.41) is 9.47. The first-order chi connectivity index (χ1) is 8.24. The Labute approximate surface area is 101 Å². The minimum absolute atomic E-state index is 0.0951. The van der Waals surface area contributed by atoms with Crippen LogP contribution in [0.5, 0.6) is 0 Å². The van der Waals surface area contributed by atoms with Gasteiger partial charge in [0, 0.05) is 19.0 Å². The summed E-state index contributed by atoms with van der Waals surface area (Å²) in [6.45, 7) is 1.23. The average Bonchev–Trinajstić information content (AvgIpc) is 2.93. The lowest BCUT2D eigenvalue weighted by Crippen LogP contribution is -2.35. The van der Waals surface area contributed by atoms with E-state index in [1.807, 2.05) is 17.0 Å². The van der Waals surface area contributed by atoms with Gasteiger partial charge in [-0.05, 0) is 30.4 Å². The van der Waals surface area contributed by atoms with E-state index in [9.17, 15) is 9.90 Å². The van der Waals surface area contributed by atoms with Crippen LogP contribution in [0.2, 0.25) is 0 Å². The summed E-state index contributed by atoms with van der Waals surface area (Å²) in [6.07, 6.45) is 2.14. The standard InChI is InChI=1S/C14H17NO2/c16-13-5-6-15(9-13)14(17)12-7-10-3-1-2-4-11(10)8-12/h1-4,12-13,16H,5-9H2/t13-/m0/s1. The van der Waals surface area contributed by atoms with Gasteiger partial charge >= 0.3 is 0 Å². The van der Waals surface area contributed by atoms with E-state index in [0.717, 1.165) is 19.3 Å². The first kappa shape index (κ1) is 10.8. The molecule has 1 saturated heterocycles. The van der Waals surface area contributed by atoms with Crippen LogP contribution in [-0.2, 0) is 17.6 Å². The molecule has 17 heavy (non-hydrogen) atoms. The number of hydrogen-bond donors (Lipinski definition) is 1. The predicted octanol–water partition coefficient (Wildman–Crippen LogP) is 0.995. The normalized spacial score (nSPS) is 24.1. The van der Waals surface area contributed by atoms with Crippen molar-refractivity contribution in [2.75, 3.05) is 13.1 Å². The van der Waals surface area contributed by atoms with Crippen molar-refractivity contribution in [3.8, 4) is 0 Å². The van der Waals surface area contributed by atoms with E-state index in [1.54, 1.807) is 0 Å². The molecule has 1 aliphatic carbocycles. The molecular weight excluding hydrogens is 214 g/mol. The maximum atomic E-state index is 12.3. The van der Waals surface area contributed by atoms with Crippen LogP contribution in [0.3, 0.4) is 0 Å². The number of carbonyl (C=O) groups is 1. The first-order valence-electron chi connectivity index (χ1n) is 6.27. The zero-order valence-corrected chi connectivity index (χ0v) is 9.80. The molecule has 0 saturated carbocycles. The highest BCUT2D eigenvalue weighted by atomic mass is 16.3. The smallest absolute Gasteiger partial charge is 0.226 e. The van der Waals surface area contributed by atoms with Crippen molar-refractivity contribution in [2.45, 2.75) is 25.4 Å². The summed E-state index contributed by atoms with van der Waals surface area (Å²) < 4.78 is 0. The van der Waals surface area contributed by atoms with Crippen LogP contribution in [0, 0.1) is 5.92 Å². The van der Waals surface area contributed by atoms with E-state index in [2.05, 4.69) is 12.1 Å². The zero-order chi connectivity index (χ0) is 11.8. The Balaban J connectivity index is 1.70. The molecule has 0 unspecified atom stereocenters.